The second-order valence-electron chi connectivity index (χ2n) is 6.46. The number of benzene rings is 1. The normalized spacial score (nSPS) is 15.0. The predicted octanol–water partition coefficient (Wildman–Crippen LogP) is 3.55. The molecule has 0 spiro atoms. The minimum atomic E-state index is -0.449. The molecule has 4 rings (SSSR count). The molecular weight excluding hydrogens is 308 g/mol. The molecule has 124 valence electrons. The van der Waals surface area contributed by atoms with E-state index in [9.17, 15) is 8.78 Å². The molecule has 0 atom stereocenters. The molecular formula is C19H19F2N3. The molecule has 0 fully saturated rings. The van der Waals surface area contributed by atoms with Crippen molar-refractivity contribution in [3.05, 3.63) is 65.1 Å². The first kappa shape index (κ1) is 15.3. The van der Waals surface area contributed by atoms with Gasteiger partial charge in [0.2, 0.25) is 5.95 Å². The molecule has 5 heteroatoms. The van der Waals surface area contributed by atoms with E-state index in [1.807, 2.05) is 12.1 Å². The van der Waals surface area contributed by atoms with Gasteiger partial charge in [-0.15, -0.1) is 0 Å². The lowest BCUT2D eigenvalue weighted by Gasteiger charge is -2.24. The summed E-state index contributed by atoms with van der Waals surface area (Å²) in [6.07, 6.45) is 3.17. The van der Waals surface area contributed by atoms with Crippen LogP contribution in [0.25, 0.3) is 10.9 Å². The van der Waals surface area contributed by atoms with Crippen LogP contribution in [0.4, 0.5) is 8.78 Å². The fraction of sp³-hybridized carbons (Fsp3) is 0.316. The van der Waals surface area contributed by atoms with Gasteiger partial charge in [-0.25, -0.2) is 9.37 Å². The quantitative estimate of drug-likeness (QED) is 0.686. The molecule has 24 heavy (non-hydrogen) atoms. The molecule has 1 aliphatic heterocycles. The third-order valence-corrected chi connectivity index (χ3v) is 4.82. The molecule has 1 aromatic carbocycles. The van der Waals surface area contributed by atoms with E-state index >= 15 is 0 Å². The van der Waals surface area contributed by atoms with Crippen LogP contribution in [0.5, 0.6) is 0 Å². The minimum Gasteiger partial charge on any atom is -0.344 e. The van der Waals surface area contributed by atoms with Crippen molar-refractivity contribution in [3.63, 3.8) is 0 Å². The molecule has 0 saturated heterocycles. The first-order chi connectivity index (χ1) is 11.6. The Morgan fingerprint density at radius 1 is 1.17 bits per heavy atom. The number of halogens is 2. The zero-order chi connectivity index (χ0) is 16.7. The Balaban J connectivity index is 1.74. The summed E-state index contributed by atoms with van der Waals surface area (Å²) in [5, 5.41) is 0.998. The van der Waals surface area contributed by atoms with Crippen LogP contribution in [-0.4, -0.2) is 28.0 Å². The fourth-order valence-corrected chi connectivity index (χ4v) is 3.65. The molecule has 0 radical (unpaired) electrons. The number of likely N-dealkylation sites (N-methyl/N-ethyl adjacent to an activating group) is 1. The molecule has 3 aromatic rings. The molecule has 3 heterocycles. The molecule has 0 aliphatic carbocycles. The Bertz CT molecular complexity index is 901. The van der Waals surface area contributed by atoms with Gasteiger partial charge in [0.15, 0.2) is 0 Å². The number of hydrogen-bond donors (Lipinski definition) is 0. The number of nitrogens with zero attached hydrogens (tertiary/aromatic N) is 3. The van der Waals surface area contributed by atoms with E-state index in [2.05, 4.69) is 21.5 Å². The number of hydrogen-bond acceptors (Lipinski definition) is 2. The third kappa shape index (κ3) is 2.69. The van der Waals surface area contributed by atoms with Crippen molar-refractivity contribution in [2.75, 3.05) is 13.6 Å². The van der Waals surface area contributed by atoms with Gasteiger partial charge in [0.05, 0.1) is 0 Å². The van der Waals surface area contributed by atoms with Crippen molar-refractivity contribution in [1.82, 2.24) is 14.5 Å². The van der Waals surface area contributed by atoms with Gasteiger partial charge in [0.1, 0.15) is 5.82 Å². The number of fused-ring (bicyclic) bond motifs is 3. The second-order valence-corrected chi connectivity index (χ2v) is 6.46. The van der Waals surface area contributed by atoms with Gasteiger partial charge in [-0.05, 0) is 54.9 Å². The summed E-state index contributed by atoms with van der Waals surface area (Å²) in [6, 6.07) is 8.33. The highest BCUT2D eigenvalue weighted by atomic mass is 19.1. The van der Waals surface area contributed by atoms with Crippen LogP contribution in [0.15, 0.2) is 36.5 Å². The SMILES string of the molecule is CN1CCc2c(c3cc(F)ccc3n2CCc2ccnc(F)c2)C1. The zero-order valence-corrected chi connectivity index (χ0v) is 13.6. The van der Waals surface area contributed by atoms with Crippen molar-refractivity contribution in [2.45, 2.75) is 25.9 Å². The monoisotopic (exact) mass is 327 g/mol. The average Bonchev–Trinajstić information content (AvgIpc) is 2.85. The first-order valence-electron chi connectivity index (χ1n) is 8.20. The van der Waals surface area contributed by atoms with E-state index in [4.69, 9.17) is 0 Å². The Hall–Kier alpha value is -2.27. The number of aryl methyl sites for hydroxylation is 2. The average molecular weight is 327 g/mol. The lowest BCUT2D eigenvalue weighted by molar-refractivity contribution is 0.309. The lowest BCUT2D eigenvalue weighted by atomic mass is 10.0. The van der Waals surface area contributed by atoms with Gasteiger partial charge < -0.3 is 9.47 Å². The summed E-state index contributed by atoms with van der Waals surface area (Å²) in [4.78, 5) is 5.86. The second kappa shape index (κ2) is 5.98. The highest BCUT2D eigenvalue weighted by molar-refractivity contribution is 5.86. The Morgan fingerprint density at radius 3 is 2.88 bits per heavy atom. The van der Waals surface area contributed by atoms with Gasteiger partial charge in [-0.1, -0.05) is 0 Å². The van der Waals surface area contributed by atoms with Crippen molar-refractivity contribution in [3.8, 4) is 0 Å². The van der Waals surface area contributed by atoms with Gasteiger partial charge in [-0.2, -0.15) is 4.39 Å². The maximum Gasteiger partial charge on any atom is 0.213 e. The van der Waals surface area contributed by atoms with Gasteiger partial charge in [0.25, 0.3) is 0 Å². The number of pyridine rings is 1. The van der Waals surface area contributed by atoms with Crippen LogP contribution in [0.1, 0.15) is 16.8 Å². The summed E-state index contributed by atoms with van der Waals surface area (Å²) >= 11 is 0. The van der Waals surface area contributed by atoms with E-state index < -0.39 is 5.95 Å². The fourth-order valence-electron chi connectivity index (χ4n) is 3.65. The van der Waals surface area contributed by atoms with Crippen LogP contribution in [-0.2, 0) is 25.9 Å². The summed E-state index contributed by atoms with van der Waals surface area (Å²) in [6.45, 7) is 2.59. The van der Waals surface area contributed by atoms with E-state index in [0.29, 0.717) is 0 Å². The maximum absolute atomic E-state index is 13.7. The maximum atomic E-state index is 13.7. The van der Waals surface area contributed by atoms with Crippen LogP contribution in [0.2, 0.25) is 0 Å². The number of rotatable bonds is 3. The van der Waals surface area contributed by atoms with Crippen LogP contribution < -0.4 is 0 Å². The molecule has 1 aliphatic rings. The smallest absolute Gasteiger partial charge is 0.213 e. The predicted molar refractivity (Wildman–Crippen MR) is 89.8 cm³/mol. The molecule has 0 bridgehead atoms. The Kier molecular flexibility index (Phi) is 3.81. The number of aromatic nitrogens is 2. The molecule has 0 unspecified atom stereocenters. The van der Waals surface area contributed by atoms with Crippen LogP contribution in [0, 0.1) is 11.8 Å². The molecule has 0 amide bonds. The Morgan fingerprint density at radius 2 is 2.04 bits per heavy atom. The Labute approximate surface area is 139 Å². The summed E-state index contributed by atoms with van der Waals surface area (Å²) < 4.78 is 29.3. The lowest BCUT2D eigenvalue weighted by Crippen LogP contribution is -2.27. The zero-order valence-electron chi connectivity index (χ0n) is 13.6. The first-order valence-corrected chi connectivity index (χ1v) is 8.20. The summed E-state index contributed by atoms with van der Waals surface area (Å²) in [7, 11) is 2.09. The highest BCUT2D eigenvalue weighted by Crippen LogP contribution is 2.31. The highest BCUT2D eigenvalue weighted by Gasteiger charge is 2.22. The van der Waals surface area contributed by atoms with E-state index in [1.165, 1.54) is 29.6 Å². The molecule has 0 saturated carbocycles. The van der Waals surface area contributed by atoms with Crippen LogP contribution >= 0.6 is 0 Å². The van der Waals surface area contributed by atoms with E-state index in [0.717, 1.165) is 48.9 Å². The van der Waals surface area contributed by atoms with E-state index in [-0.39, 0.29) is 5.82 Å². The van der Waals surface area contributed by atoms with Crippen LogP contribution in [0.3, 0.4) is 0 Å². The van der Waals surface area contributed by atoms with Crippen molar-refractivity contribution < 1.29 is 8.78 Å². The van der Waals surface area contributed by atoms with Gasteiger partial charge >= 0.3 is 0 Å². The van der Waals surface area contributed by atoms with E-state index in [1.54, 1.807) is 6.07 Å². The molecule has 0 N–H and O–H groups in total. The standard InChI is InChI=1S/C19H19F2N3/c1-23-8-6-18-16(12-23)15-11-14(20)2-3-17(15)24(18)9-5-13-4-7-22-19(21)10-13/h2-4,7,10-11H,5-6,8-9,12H2,1H3. The van der Waals surface area contributed by atoms with Crippen molar-refractivity contribution in [2.24, 2.45) is 0 Å². The molecule has 2 aromatic heterocycles. The largest absolute Gasteiger partial charge is 0.344 e. The summed E-state index contributed by atoms with van der Waals surface area (Å²) in [5.41, 5.74) is 4.49. The summed E-state index contributed by atoms with van der Waals surface area (Å²) in [5.74, 6) is -0.650. The van der Waals surface area contributed by atoms with Gasteiger partial charge in [0, 0.05) is 48.8 Å². The van der Waals surface area contributed by atoms with Crippen molar-refractivity contribution in [1.29, 1.82) is 0 Å². The topological polar surface area (TPSA) is 21.1 Å². The van der Waals surface area contributed by atoms with Crippen molar-refractivity contribution >= 4 is 10.9 Å². The molecule has 3 nitrogen and oxygen atoms in total. The van der Waals surface area contributed by atoms with Gasteiger partial charge in [-0.3, -0.25) is 0 Å². The minimum absolute atomic E-state index is 0.202. The third-order valence-electron chi connectivity index (χ3n) is 4.82.